The summed E-state index contributed by atoms with van der Waals surface area (Å²) in [6, 6.07) is 9.45. The zero-order chi connectivity index (χ0) is 28.2. The third-order valence-electron chi connectivity index (χ3n) is 7.21. The van der Waals surface area contributed by atoms with Crippen LogP contribution in [0.2, 0.25) is 0 Å². The van der Waals surface area contributed by atoms with E-state index in [-0.39, 0.29) is 5.76 Å². The first-order chi connectivity index (χ1) is 18.6. The minimum Gasteiger partial charge on any atom is -0.507 e. The highest BCUT2D eigenvalue weighted by Crippen LogP contribution is 2.50. The van der Waals surface area contributed by atoms with Gasteiger partial charge in [0.05, 0.1) is 24.3 Å². The molecule has 0 spiro atoms. The van der Waals surface area contributed by atoms with Gasteiger partial charge in [-0.25, -0.2) is 0 Å². The highest BCUT2D eigenvalue weighted by atomic mass is 16.5. The predicted molar refractivity (Wildman–Crippen MR) is 131 cm³/mol. The second-order valence-electron chi connectivity index (χ2n) is 9.62. The Labute approximate surface area is 220 Å². The molecular weight excluding hydrogens is 520 g/mol. The molecule has 3 aromatic rings. The lowest BCUT2D eigenvalue weighted by Crippen LogP contribution is -2.55. The van der Waals surface area contributed by atoms with Crippen LogP contribution in [0.1, 0.15) is 23.3 Å². The number of benzene rings is 2. The minimum absolute atomic E-state index is 0.0274. The summed E-state index contributed by atoms with van der Waals surface area (Å²) in [5.74, 6) is -1.75. The lowest BCUT2D eigenvalue weighted by atomic mass is 9.85. The lowest BCUT2D eigenvalue weighted by molar-refractivity contribution is -0.232. The standard InChI is InChI=1S/C26H28O13/c27-7-13-18(31)21(34)23(36)26(39-13)15-19(32)14-10(28)6-12(9-4-2-1-3-5-9)38-24(14)16(20(15)33)25-22(35)17(30)11(29)8-37-25/h1-6,11,13,17-18,21-23,25-27,29-36H,7-8H2/t11-,13+,17-,18+,21-,22+,23+,25-,26?/m1/s1. The largest absolute Gasteiger partial charge is 0.507 e. The molecule has 1 aromatic heterocycles. The topological polar surface area (TPSA) is 231 Å². The molecule has 1 unspecified atom stereocenters. The summed E-state index contributed by atoms with van der Waals surface area (Å²) in [6.07, 6.45) is -15.4. The van der Waals surface area contributed by atoms with Crippen molar-refractivity contribution < 1.29 is 59.8 Å². The Hall–Kier alpha value is -3.11. The molecule has 3 heterocycles. The lowest BCUT2D eigenvalue weighted by Gasteiger charge is -2.41. The maximum absolute atomic E-state index is 13.4. The molecule has 13 heteroatoms. The van der Waals surface area contributed by atoms with E-state index in [0.717, 1.165) is 6.07 Å². The molecule has 2 fully saturated rings. The van der Waals surface area contributed by atoms with Crippen molar-refractivity contribution in [2.75, 3.05) is 13.2 Å². The van der Waals surface area contributed by atoms with Crippen molar-refractivity contribution >= 4 is 11.0 Å². The van der Waals surface area contributed by atoms with E-state index in [4.69, 9.17) is 13.9 Å². The van der Waals surface area contributed by atoms with Crippen LogP contribution in [0.3, 0.4) is 0 Å². The second-order valence-corrected chi connectivity index (χ2v) is 9.62. The van der Waals surface area contributed by atoms with Gasteiger partial charge in [-0.05, 0) is 0 Å². The van der Waals surface area contributed by atoms with Gasteiger partial charge in [0.15, 0.2) is 11.0 Å². The van der Waals surface area contributed by atoms with Gasteiger partial charge in [-0.3, -0.25) is 4.79 Å². The Morgan fingerprint density at radius 2 is 1.46 bits per heavy atom. The van der Waals surface area contributed by atoms with Crippen LogP contribution in [0, 0.1) is 0 Å². The van der Waals surface area contributed by atoms with Gasteiger partial charge in [-0.2, -0.15) is 0 Å². The van der Waals surface area contributed by atoms with Crippen molar-refractivity contribution in [3.63, 3.8) is 0 Å². The molecule has 0 bridgehead atoms. The summed E-state index contributed by atoms with van der Waals surface area (Å²) in [5, 5.41) is 94.0. The van der Waals surface area contributed by atoms with Crippen LogP contribution in [0.4, 0.5) is 0 Å². The third kappa shape index (κ3) is 4.47. The van der Waals surface area contributed by atoms with Gasteiger partial charge in [0.2, 0.25) is 0 Å². The maximum Gasteiger partial charge on any atom is 0.197 e. The number of fused-ring (bicyclic) bond motifs is 1. The van der Waals surface area contributed by atoms with E-state index in [2.05, 4.69) is 0 Å². The molecule has 0 amide bonds. The van der Waals surface area contributed by atoms with Crippen LogP contribution in [0.15, 0.2) is 45.6 Å². The van der Waals surface area contributed by atoms with Gasteiger partial charge in [-0.1, -0.05) is 30.3 Å². The minimum atomic E-state index is -1.95. The van der Waals surface area contributed by atoms with Gasteiger partial charge in [0, 0.05) is 11.6 Å². The summed E-state index contributed by atoms with van der Waals surface area (Å²) in [4.78, 5) is 13.4. The van der Waals surface area contributed by atoms with Gasteiger partial charge in [0.25, 0.3) is 0 Å². The van der Waals surface area contributed by atoms with E-state index < -0.39 is 107 Å². The number of rotatable bonds is 4. The van der Waals surface area contributed by atoms with Crippen LogP contribution in [0.5, 0.6) is 11.5 Å². The van der Waals surface area contributed by atoms with E-state index >= 15 is 0 Å². The number of hydrogen-bond donors (Lipinski definition) is 9. The number of aliphatic hydroxyl groups is 7. The number of phenolic OH excluding ortho intramolecular Hbond substituents is 2. The van der Waals surface area contributed by atoms with E-state index in [9.17, 15) is 50.8 Å². The molecule has 0 aliphatic carbocycles. The van der Waals surface area contributed by atoms with E-state index in [1.54, 1.807) is 30.3 Å². The molecule has 9 N–H and O–H groups in total. The van der Waals surface area contributed by atoms with Crippen molar-refractivity contribution in [2.24, 2.45) is 0 Å². The quantitative estimate of drug-likeness (QED) is 0.182. The summed E-state index contributed by atoms with van der Waals surface area (Å²) in [6.45, 7) is -1.29. The maximum atomic E-state index is 13.4. The summed E-state index contributed by atoms with van der Waals surface area (Å²) < 4.78 is 17.0. The van der Waals surface area contributed by atoms with E-state index in [1.807, 2.05) is 0 Å². The molecule has 2 aliphatic heterocycles. The Morgan fingerprint density at radius 3 is 2.13 bits per heavy atom. The van der Waals surface area contributed by atoms with Gasteiger partial charge in [0.1, 0.15) is 77.6 Å². The highest BCUT2D eigenvalue weighted by Gasteiger charge is 2.48. The van der Waals surface area contributed by atoms with E-state index in [1.165, 1.54) is 0 Å². The van der Waals surface area contributed by atoms with Crippen LogP contribution in [-0.2, 0) is 9.47 Å². The average molecular weight is 548 g/mol. The molecule has 0 saturated carbocycles. The van der Waals surface area contributed by atoms with E-state index in [0.29, 0.717) is 5.56 Å². The van der Waals surface area contributed by atoms with Crippen molar-refractivity contribution in [1.82, 2.24) is 0 Å². The molecule has 2 aromatic carbocycles. The van der Waals surface area contributed by atoms with Crippen LogP contribution >= 0.6 is 0 Å². The summed E-state index contributed by atoms with van der Waals surface area (Å²) in [5.41, 5.74) is -1.79. The van der Waals surface area contributed by atoms with Crippen LogP contribution in [0.25, 0.3) is 22.3 Å². The van der Waals surface area contributed by atoms with Gasteiger partial charge < -0.3 is 59.8 Å². The Bertz CT molecular complexity index is 1400. The molecule has 2 saturated heterocycles. The smallest absolute Gasteiger partial charge is 0.197 e. The molecule has 0 radical (unpaired) electrons. The highest BCUT2D eigenvalue weighted by molar-refractivity contribution is 5.91. The first-order valence-corrected chi connectivity index (χ1v) is 12.1. The fraction of sp³-hybridized carbons (Fsp3) is 0.423. The molecule has 5 rings (SSSR count). The van der Waals surface area contributed by atoms with Crippen molar-refractivity contribution in [2.45, 2.75) is 54.9 Å². The molecule has 9 atom stereocenters. The van der Waals surface area contributed by atoms with Gasteiger partial charge in [-0.15, -0.1) is 0 Å². The number of aliphatic hydroxyl groups excluding tert-OH is 7. The number of phenols is 2. The van der Waals surface area contributed by atoms with Gasteiger partial charge >= 0.3 is 0 Å². The number of hydrogen-bond acceptors (Lipinski definition) is 13. The molecule has 39 heavy (non-hydrogen) atoms. The average Bonchev–Trinajstić information content (AvgIpc) is 2.93. The Morgan fingerprint density at radius 1 is 0.795 bits per heavy atom. The summed E-state index contributed by atoms with van der Waals surface area (Å²) in [7, 11) is 0. The number of aromatic hydroxyl groups is 2. The summed E-state index contributed by atoms with van der Waals surface area (Å²) >= 11 is 0. The van der Waals surface area contributed by atoms with Crippen molar-refractivity contribution in [1.29, 1.82) is 0 Å². The van der Waals surface area contributed by atoms with Crippen molar-refractivity contribution in [3.05, 3.63) is 57.7 Å². The van der Waals surface area contributed by atoms with Crippen LogP contribution < -0.4 is 5.43 Å². The fourth-order valence-corrected chi connectivity index (χ4v) is 5.09. The normalized spacial score (nSPS) is 33.4. The number of ether oxygens (including phenoxy) is 2. The first kappa shape index (κ1) is 27.5. The molecule has 13 nitrogen and oxygen atoms in total. The molecule has 2 aliphatic rings. The Kier molecular flexibility index (Phi) is 7.37. The Balaban J connectivity index is 1.80. The molecule has 210 valence electrons. The SMILES string of the molecule is O=c1cc(-c2ccccc2)oc2c([C@H]3OC[C@@H](O)[C@@H](O)[C@@H]3O)c(O)c(C3O[C@@H](CO)[C@H](O)[C@@H](O)[C@@H]3O)c(O)c12. The molecular formula is C26H28O13. The van der Waals surface area contributed by atoms with Crippen molar-refractivity contribution in [3.8, 4) is 22.8 Å². The monoisotopic (exact) mass is 548 g/mol. The fourth-order valence-electron chi connectivity index (χ4n) is 5.09. The van der Waals surface area contributed by atoms with Crippen LogP contribution in [-0.4, -0.2) is 102 Å². The zero-order valence-corrected chi connectivity index (χ0v) is 20.2. The first-order valence-electron chi connectivity index (χ1n) is 12.1. The zero-order valence-electron chi connectivity index (χ0n) is 20.2. The third-order valence-corrected chi connectivity index (χ3v) is 7.21. The predicted octanol–water partition coefficient (Wildman–Crippen LogP) is -1.46. The second kappa shape index (κ2) is 10.5.